The van der Waals surface area contributed by atoms with Crippen LogP contribution in [0.25, 0.3) is 11.3 Å². The van der Waals surface area contributed by atoms with Crippen molar-refractivity contribution in [3.8, 4) is 11.3 Å². The zero-order valence-electron chi connectivity index (χ0n) is 15.6. The van der Waals surface area contributed by atoms with Crippen LogP contribution >= 0.6 is 0 Å². The fourth-order valence-corrected chi connectivity index (χ4v) is 5.30. The van der Waals surface area contributed by atoms with E-state index in [9.17, 15) is 13.2 Å². The van der Waals surface area contributed by atoms with Gasteiger partial charge in [-0.1, -0.05) is 43.3 Å². The zero-order chi connectivity index (χ0) is 19.7. The first-order valence-electron chi connectivity index (χ1n) is 9.25. The normalized spacial score (nSPS) is 14.6. The molecular weight excluding hydrogens is 374 g/mol. The van der Waals surface area contributed by atoms with Crippen LogP contribution in [0.5, 0.6) is 0 Å². The molecule has 0 aliphatic carbocycles. The molecule has 1 aliphatic heterocycles. The fourth-order valence-electron chi connectivity index (χ4n) is 3.57. The highest BCUT2D eigenvalue weighted by atomic mass is 32.2. The number of sulfonamides is 1. The van der Waals surface area contributed by atoms with Crippen molar-refractivity contribution in [2.75, 3.05) is 6.54 Å². The molecule has 1 aliphatic rings. The minimum Gasteiger partial charge on any atom is -0.268 e. The SMILES string of the molecule is CCc1ccc(-c2ccc(=O)[nH]n2)cc1S(=O)(=O)N1CCc2ccccc2C1. The molecule has 144 valence electrons. The summed E-state index contributed by atoms with van der Waals surface area (Å²) >= 11 is 0. The minimum atomic E-state index is -3.65. The molecule has 0 saturated heterocycles. The number of rotatable bonds is 4. The van der Waals surface area contributed by atoms with Crippen LogP contribution in [0, 0.1) is 0 Å². The van der Waals surface area contributed by atoms with Crippen LogP contribution < -0.4 is 5.56 Å². The van der Waals surface area contributed by atoms with Gasteiger partial charge in [0.25, 0.3) is 5.56 Å². The molecule has 0 radical (unpaired) electrons. The molecule has 28 heavy (non-hydrogen) atoms. The van der Waals surface area contributed by atoms with E-state index < -0.39 is 10.0 Å². The van der Waals surface area contributed by atoms with Crippen LogP contribution in [0.2, 0.25) is 0 Å². The van der Waals surface area contributed by atoms with Gasteiger partial charge in [0.2, 0.25) is 10.0 Å². The molecule has 0 saturated carbocycles. The first kappa shape index (κ1) is 18.6. The van der Waals surface area contributed by atoms with E-state index in [0.717, 1.165) is 11.1 Å². The van der Waals surface area contributed by atoms with Crippen LogP contribution in [-0.4, -0.2) is 29.5 Å². The number of H-pyrrole nitrogens is 1. The zero-order valence-corrected chi connectivity index (χ0v) is 16.4. The lowest BCUT2D eigenvalue weighted by Gasteiger charge is -2.29. The van der Waals surface area contributed by atoms with Gasteiger partial charge in [0, 0.05) is 24.7 Å². The lowest BCUT2D eigenvalue weighted by molar-refractivity contribution is 0.391. The van der Waals surface area contributed by atoms with Gasteiger partial charge in [-0.2, -0.15) is 9.40 Å². The first-order valence-corrected chi connectivity index (χ1v) is 10.7. The van der Waals surface area contributed by atoms with Crippen LogP contribution in [0.1, 0.15) is 23.6 Å². The van der Waals surface area contributed by atoms with E-state index in [1.807, 2.05) is 37.3 Å². The molecule has 0 spiro atoms. The summed E-state index contributed by atoms with van der Waals surface area (Å²) in [7, 11) is -3.65. The van der Waals surface area contributed by atoms with Crippen molar-refractivity contribution >= 4 is 10.0 Å². The number of hydrogen-bond donors (Lipinski definition) is 1. The third-order valence-electron chi connectivity index (χ3n) is 5.14. The Labute approximate surface area is 163 Å². The Hall–Kier alpha value is -2.77. The highest BCUT2D eigenvalue weighted by molar-refractivity contribution is 7.89. The molecule has 2 heterocycles. The van der Waals surface area contributed by atoms with E-state index in [1.54, 1.807) is 16.4 Å². The number of aromatic nitrogens is 2. The van der Waals surface area contributed by atoms with Gasteiger partial charge in [0.15, 0.2) is 0 Å². The summed E-state index contributed by atoms with van der Waals surface area (Å²) in [5, 5.41) is 6.42. The molecule has 0 amide bonds. The molecule has 1 N–H and O–H groups in total. The molecule has 1 aromatic heterocycles. The van der Waals surface area contributed by atoms with E-state index in [2.05, 4.69) is 16.3 Å². The molecule has 2 aromatic carbocycles. The maximum Gasteiger partial charge on any atom is 0.264 e. The molecule has 6 nitrogen and oxygen atoms in total. The molecule has 0 unspecified atom stereocenters. The van der Waals surface area contributed by atoms with Gasteiger partial charge in [-0.3, -0.25) is 4.79 Å². The van der Waals surface area contributed by atoms with Gasteiger partial charge in [0.05, 0.1) is 10.6 Å². The Bertz CT molecular complexity index is 1170. The van der Waals surface area contributed by atoms with Crippen molar-refractivity contribution < 1.29 is 8.42 Å². The lowest BCUT2D eigenvalue weighted by atomic mass is 10.0. The second kappa shape index (κ2) is 7.33. The highest BCUT2D eigenvalue weighted by Crippen LogP contribution is 2.30. The van der Waals surface area contributed by atoms with E-state index in [-0.39, 0.29) is 5.56 Å². The smallest absolute Gasteiger partial charge is 0.264 e. The lowest BCUT2D eigenvalue weighted by Crippen LogP contribution is -2.36. The summed E-state index contributed by atoms with van der Waals surface area (Å²) in [6, 6.07) is 16.3. The van der Waals surface area contributed by atoms with Crippen LogP contribution in [0.4, 0.5) is 0 Å². The molecule has 0 bridgehead atoms. The minimum absolute atomic E-state index is 0.297. The first-order chi connectivity index (χ1) is 13.5. The highest BCUT2D eigenvalue weighted by Gasteiger charge is 2.30. The maximum atomic E-state index is 13.5. The number of nitrogens with zero attached hydrogens (tertiary/aromatic N) is 2. The van der Waals surface area contributed by atoms with Gasteiger partial charge < -0.3 is 0 Å². The van der Waals surface area contributed by atoms with E-state index >= 15 is 0 Å². The quantitative estimate of drug-likeness (QED) is 0.736. The van der Waals surface area contributed by atoms with Crippen molar-refractivity contribution in [1.29, 1.82) is 0 Å². The predicted molar refractivity (Wildman–Crippen MR) is 107 cm³/mol. The van der Waals surface area contributed by atoms with Gasteiger partial charge >= 0.3 is 0 Å². The number of benzene rings is 2. The van der Waals surface area contributed by atoms with Gasteiger partial charge in [-0.25, -0.2) is 13.5 Å². The summed E-state index contributed by atoms with van der Waals surface area (Å²) in [5.41, 5.74) is 3.91. The van der Waals surface area contributed by atoms with Crippen molar-refractivity contribution in [2.24, 2.45) is 0 Å². The molecule has 4 rings (SSSR count). The molecule has 7 heteroatoms. The third kappa shape index (κ3) is 3.39. The van der Waals surface area contributed by atoms with E-state index in [0.29, 0.717) is 42.1 Å². The average Bonchev–Trinajstić information content (AvgIpc) is 2.73. The number of aromatic amines is 1. The molecule has 3 aromatic rings. The van der Waals surface area contributed by atoms with E-state index in [4.69, 9.17) is 0 Å². The second-order valence-corrected chi connectivity index (χ2v) is 8.75. The molecule has 0 atom stereocenters. The number of fused-ring (bicyclic) bond motifs is 1. The van der Waals surface area contributed by atoms with E-state index in [1.165, 1.54) is 11.6 Å². The second-order valence-electron chi connectivity index (χ2n) is 6.84. The third-order valence-corrected chi connectivity index (χ3v) is 7.06. The predicted octanol–water partition coefficient (Wildman–Crippen LogP) is 2.75. The van der Waals surface area contributed by atoms with Crippen molar-refractivity contribution in [3.63, 3.8) is 0 Å². The monoisotopic (exact) mass is 395 g/mol. The summed E-state index contributed by atoms with van der Waals surface area (Å²) in [4.78, 5) is 11.6. The standard InChI is InChI=1S/C21H21N3O3S/c1-2-15-7-8-17(19-9-10-21(25)23-22-19)13-20(15)28(26,27)24-12-11-16-5-3-4-6-18(16)14-24/h3-10,13H,2,11-12,14H2,1H3,(H,23,25). The Kier molecular flexibility index (Phi) is 4.87. The fraction of sp³-hybridized carbons (Fsp3) is 0.238. The number of aryl methyl sites for hydroxylation is 1. The average molecular weight is 395 g/mol. The summed E-state index contributed by atoms with van der Waals surface area (Å²) in [5.74, 6) is 0. The van der Waals surface area contributed by atoms with Gasteiger partial charge in [-0.05, 0) is 41.7 Å². The maximum absolute atomic E-state index is 13.5. The Morgan fingerprint density at radius 3 is 2.57 bits per heavy atom. The van der Waals surface area contributed by atoms with Crippen LogP contribution in [0.15, 0.2) is 64.3 Å². The van der Waals surface area contributed by atoms with Crippen molar-refractivity contribution in [2.45, 2.75) is 31.2 Å². The van der Waals surface area contributed by atoms with Crippen molar-refractivity contribution in [1.82, 2.24) is 14.5 Å². The topological polar surface area (TPSA) is 83.1 Å². The number of hydrogen-bond acceptors (Lipinski definition) is 4. The Morgan fingerprint density at radius 2 is 1.86 bits per heavy atom. The van der Waals surface area contributed by atoms with Gasteiger partial charge in [-0.15, -0.1) is 0 Å². The largest absolute Gasteiger partial charge is 0.268 e. The van der Waals surface area contributed by atoms with Crippen LogP contribution in [0.3, 0.4) is 0 Å². The molecule has 0 fully saturated rings. The summed E-state index contributed by atoms with van der Waals surface area (Å²) < 4.78 is 28.5. The summed E-state index contributed by atoms with van der Waals surface area (Å²) in [6.45, 7) is 2.78. The van der Waals surface area contributed by atoms with Gasteiger partial charge in [0.1, 0.15) is 0 Å². The van der Waals surface area contributed by atoms with Crippen LogP contribution in [-0.2, 0) is 29.4 Å². The Balaban J connectivity index is 1.75. The number of nitrogens with one attached hydrogen (secondary N) is 1. The molecular formula is C21H21N3O3S. The Morgan fingerprint density at radius 1 is 1.07 bits per heavy atom. The summed E-state index contributed by atoms with van der Waals surface area (Å²) in [6.07, 6.45) is 1.32. The van der Waals surface area contributed by atoms with Crippen molar-refractivity contribution in [3.05, 3.63) is 81.6 Å².